The maximum Gasteiger partial charge on any atom is 0.258 e. The van der Waals surface area contributed by atoms with Gasteiger partial charge in [-0.3, -0.25) is 4.79 Å². The molecule has 0 atom stereocenters. The lowest BCUT2D eigenvalue weighted by Crippen LogP contribution is -2.47. The summed E-state index contributed by atoms with van der Waals surface area (Å²) in [6.07, 6.45) is 1.22. The molecule has 1 fully saturated rings. The Kier molecular flexibility index (Phi) is 5.70. The average Bonchev–Trinajstić information content (AvgIpc) is 3.32. The van der Waals surface area contributed by atoms with Gasteiger partial charge in [-0.25, -0.2) is 18.3 Å². The molecule has 2 aliphatic rings. The molecule has 0 spiro atoms. The van der Waals surface area contributed by atoms with Crippen molar-refractivity contribution >= 4 is 23.2 Å². The molecule has 1 aliphatic heterocycles. The van der Waals surface area contributed by atoms with Gasteiger partial charge in [0.1, 0.15) is 24.3 Å². The monoisotopic (exact) mass is 475 g/mol. The summed E-state index contributed by atoms with van der Waals surface area (Å²) < 4.78 is 34.0. The summed E-state index contributed by atoms with van der Waals surface area (Å²) in [4.78, 5) is 19.6. The van der Waals surface area contributed by atoms with Gasteiger partial charge < -0.3 is 15.0 Å². The molecular formula is C23H24ClF2N5O2. The number of hydrogen-bond donors (Lipinski definition) is 1. The lowest BCUT2D eigenvalue weighted by atomic mass is 9.89. The van der Waals surface area contributed by atoms with Crippen LogP contribution in [-0.2, 0) is 13.1 Å². The number of nitrogens with zero attached hydrogens (tertiary/aromatic N) is 4. The Bertz CT molecular complexity index is 1240. The third-order valence-corrected chi connectivity index (χ3v) is 6.88. The van der Waals surface area contributed by atoms with Crippen molar-refractivity contribution in [2.75, 3.05) is 13.2 Å². The number of alkyl halides is 1. The maximum atomic E-state index is 14.0. The van der Waals surface area contributed by atoms with E-state index >= 15 is 0 Å². The number of halogens is 3. The van der Waals surface area contributed by atoms with Crippen LogP contribution in [0.15, 0.2) is 18.2 Å². The molecule has 1 amide bonds. The molecule has 3 heterocycles. The predicted octanol–water partition coefficient (Wildman–Crippen LogP) is 3.76. The van der Waals surface area contributed by atoms with Crippen LogP contribution in [0.1, 0.15) is 45.8 Å². The van der Waals surface area contributed by atoms with Crippen molar-refractivity contribution in [3.05, 3.63) is 57.2 Å². The summed E-state index contributed by atoms with van der Waals surface area (Å²) in [7, 11) is 0. The molecule has 0 radical (unpaired) electrons. The molecule has 10 heteroatoms. The Morgan fingerprint density at radius 1 is 1.30 bits per heavy atom. The summed E-state index contributed by atoms with van der Waals surface area (Å²) >= 11 is 6.31. The van der Waals surface area contributed by atoms with E-state index in [1.165, 1.54) is 18.2 Å². The van der Waals surface area contributed by atoms with Crippen LogP contribution < -0.4 is 10.1 Å². The van der Waals surface area contributed by atoms with E-state index in [1.807, 2.05) is 13.8 Å². The van der Waals surface area contributed by atoms with Crippen LogP contribution in [0.25, 0.3) is 5.65 Å². The third kappa shape index (κ3) is 3.93. The van der Waals surface area contributed by atoms with Crippen molar-refractivity contribution in [1.29, 1.82) is 0 Å². The summed E-state index contributed by atoms with van der Waals surface area (Å²) in [6.45, 7) is 4.28. The van der Waals surface area contributed by atoms with E-state index in [9.17, 15) is 13.6 Å². The predicted molar refractivity (Wildman–Crippen MR) is 119 cm³/mol. The zero-order valence-corrected chi connectivity index (χ0v) is 19.1. The molecule has 1 aliphatic carbocycles. The minimum absolute atomic E-state index is 0.143. The van der Waals surface area contributed by atoms with Crippen LogP contribution >= 0.6 is 11.6 Å². The van der Waals surface area contributed by atoms with E-state index in [4.69, 9.17) is 16.3 Å². The van der Waals surface area contributed by atoms with E-state index in [2.05, 4.69) is 15.4 Å². The van der Waals surface area contributed by atoms with Crippen LogP contribution in [0.5, 0.6) is 5.75 Å². The number of fused-ring (bicyclic) bond motifs is 3. The number of aryl methyl sites for hydroxylation is 2. The van der Waals surface area contributed by atoms with Gasteiger partial charge in [-0.1, -0.05) is 11.6 Å². The van der Waals surface area contributed by atoms with Crippen LogP contribution in [0, 0.1) is 19.7 Å². The fourth-order valence-electron chi connectivity index (χ4n) is 4.46. The van der Waals surface area contributed by atoms with Crippen LogP contribution in [0.3, 0.4) is 0 Å². The summed E-state index contributed by atoms with van der Waals surface area (Å²) in [6, 6.07) is 4.14. The van der Waals surface area contributed by atoms with Crippen molar-refractivity contribution in [3.63, 3.8) is 0 Å². The molecule has 1 N–H and O–H groups in total. The highest BCUT2D eigenvalue weighted by atomic mass is 35.5. The highest BCUT2D eigenvalue weighted by molar-refractivity contribution is 6.31. The molecule has 1 aromatic carbocycles. The third-order valence-electron chi connectivity index (χ3n) is 6.33. The minimum Gasteiger partial charge on any atom is -0.489 e. The van der Waals surface area contributed by atoms with Crippen molar-refractivity contribution in [2.45, 2.75) is 51.9 Å². The van der Waals surface area contributed by atoms with Gasteiger partial charge in [0.15, 0.2) is 5.65 Å². The number of benzene rings is 1. The Morgan fingerprint density at radius 2 is 2.09 bits per heavy atom. The van der Waals surface area contributed by atoms with Gasteiger partial charge in [0.2, 0.25) is 0 Å². The molecule has 0 bridgehead atoms. The number of carbonyl (C=O) groups is 1. The number of rotatable bonds is 6. The molecule has 3 aromatic rings. The minimum atomic E-state index is -0.470. The lowest BCUT2D eigenvalue weighted by Gasteiger charge is -2.36. The number of ether oxygens (including phenoxy) is 1. The fourth-order valence-corrected chi connectivity index (χ4v) is 4.59. The zero-order valence-electron chi connectivity index (χ0n) is 18.4. The molecule has 0 saturated heterocycles. The number of hydrogen-bond acceptors (Lipinski definition) is 5. The van der Waals surface area contributed by atoms with Gasteiger partial charge >= 0.3 is 0 Å². The number of nitrogens with one attached hydrogen (secondary N) is 1. The van der Waals surface area contributed by atoms with Crippen molar-refractivity contribution < 1.29 is 18.3 Å². The van der Waals surface area contributed by atoms with Crippen LogP contribution in [0.4, 0.5) is 8.78 Å². The highest BCUT2D eigenvalue weighted by Gasteiger charge is 2.34. The maximum absolute atomic E-state index is 14.0. The Balaban J connectivity index is 1.34. The second-order valence-corrected chi connectivity index (χ2v) is 8.99. The molecule has 5 rings (SSSR count). The molecule has 2 aromatic heterocycles. The van der Waals surface area contributed by atoms with Gasteiger partial charge in [0.25, 0.3) is 5.91 Å². The fraction of sp³-hybridized carbons (Fsp3) is 0.435. The lowest BCUT2D eigenvalue weighted by molar-refractivity contribution is 0.0699. The second-order valence-electron chi connectivity index (χ2n) is 8.61. The van der Waals surface area contributed by atoms with Gasteiger partial charge in [0.05, 0.1) is 40.8 Å². The quantitative estimate of drug-likeness (QED) is 0.587. The topological polar surface area (TPSA) is 71.8 Å². The van der Waals surface area contributed by atoms with E-state index in [1.54, 1.807) is 9.42 Å². The summed E-state index contributed by atoms with van der Waals surface area (Å²) in [5, 5.41) is 8.27. The molecule has 174 valence electrons. The van der Waals surface area contributed by atoms with E-state index in [0.29, 0.717) is 54.4 Å². The first kappa shape index (κ1) is 22.0. The summed E-state index contributed by atoms with van der Waals surface area (Å²) in [5.74, 6) is -0.498. The van der Waals surface area contributed by atoms with Crippen molar-refractivity contribution in [2.24, 2.45) is 0 Å². The first-order valence-corrected chi connectivity index (χ1v) is 11.3. The smallest absolute Gasteiger partial charge is 0.258 e. The zero-order chi connectivity index (χ0) is 23.3. The average molecular weight is 476 g/mol. The van der Waals surface area contributed by atoms with E-state index < -0.39 is 12.5 Å². The second kappa shape index (κ2) is 8.53. The normalized spacial score (nSPS) is 19.6. The molecule has 7 nitrogen and oxygen atoms in total. The molecule has 33 heavy (non-hydrogen) atoms. The summed E-state index contributed by atoms with van der Waals surface area (Å²) in [5.41, 5.74) is 4.17. The Hall–Kier alpha value is -2.78. The van der Waals surface area contributed by atoms with Crippen molar-refractivity contribution in [1.82, 2.24) is 24.8 Å². The van der Waals surface area contributed by atoms with Gasteiger partial charge in [0, 0.05) is 24.2 Å². The molecule has 0 unspecified atom stereocenters. The Morgan fingerprint density at radius 3 is 2.85 bits per heavy atom. The van der Waals surface area contributed by atoms with Gasteiger partial charge in [-0.15, -0.1) is 0 Å². The van der Waals surface area contributed by atoms with Crippen molar-refractivity contribution in [3.8, 4) is 5.75 Å². The van der Waals surface area contributed by atoms with Crippen LogP contribution in [0.2, 0.25) is 5.02 Å². The SMILES string of the molecule is Cc1nc2c3c(nn2c(C)c1Cl)CN(C(=O)c1ccc(F)cc1OC1CC(NCCF)C1)C3. The standard InChI is InChI=1S/C23H24ClF2N5O2/c1-12-21(24)13(2)31-22(28-12)18-10-30(11-19(18)29-31)23(32)17-4-3-14(26)7-20(17)33-16-8-15(9-16)27-6-5-25/h3-4,7,15-16,27H,5-6,8-11H2,1-2H3. The Labute approximate surface area is 194 Å². The van der Waals surface area contributed by atoms with E-state index in [0.717, 1.165) is 17.0 Å². The number of aromatic nitrogens is 3. The largest absolute Gasteiger partial charge is 0.489 e. The highest BCUT2D eigenvalue weighted by Crippen LogP contribution is 2.33. The van der Waals surface area contributed by atoms with Crippen LogP contribution in [-0.4, -0.2) is 50.8 Å². The van der Waals surface area contributed by atoms with E-state index in [-0.39, 0.29) is 23.8 Å². The molecular weight excluding hydrogens is 452 g/mol. The first-order valence-electron chi connectivity index (χ1n) is 10.9. The number of carbonyl (C=O) groups excluding carboxylic acids is 1. The van der Waals surface area contributed by atoms with Gasteiger partial charge in [-0.05, 0) is 38.8 Å². The number of amides is 1. The van der Waals surface area contributed by atoms with Gasteiger partial charge in [-0.2, -0.15) is 5.10 Å². The molecule has 1 saturated carbocycles. The first-order chi connectivity index (χ1) is 15.9.